The van der Waals surface area contributed by atoms with Crippen LogP contribution in [0.25, 0.3) is 22.3 Å². The molecular formula is C22H20O3. The fourth-order valence-corrected chi connectivity index (χ4v) is 3.50. The lowest BCUT2D eigenvalue weighted by Gasteiger charge is -2.20. The van der Waals surface area contributed by atoms with E-state index in [4.69, 9.17) is 14.2 Å². The largest absolute Gasteiger partial charge is 0.492 e. The highest BCUT2D eigenvalue weighted by Crippen LogP contribution is 2.54. The molecule has 0 bridgehead atoms. The molecule has 0 atom stereocenters. The van der Waals surface area contributed by atoms with Crippen LogP contribution in [0.3, 0.4) is 0 Å². The predicted octanol–water partition coefficient (Wildman–Crippen LogP) is 5.32. The Kier molecular flexibility index (Phi) is 4.06. The van der Waals surface area contributed by atoms with Crippen molar-refractivity contribution >= 4 is 0 Å². The van der Waals surface area contributed by atoms with Crippen molar-refractivity contribution in [2.45, 2.75) is 13.3 Å². The highest BCUT2D eigenvalue weighted by atomic mass is 16.7. The number of hydrogen-bond donors (Lipinski definition) is 0. The molecule has 1 heterocycles. The maximum Gasteiger partial charge on any atom is 0.231 e. The number of fused-ring (bicyclic) bond motifs is 1. The van der Waals surface area contributed by atoms with Crippen molar-refractivity contribution in [1.29, 1.82) is 0 Å². The van der Waals surface area contributed by atoms with Gasteiger partial charge in [-0.2, -0.15) is 0 Å². The molecule has 0 aromatic heterocycles. The Labute approximate surface area is 147 Å². The lowest BCUT2D eigenvalue weighted by atomic mass is 9.87. The van der Waals surface area contributed by atoms with Crippen molar-refractivity contribution in [1.82, 2.24) is 0 Å². The van der Waals surface area contributed by atoms with Gasteiger partial charge in [-0.25, -0.2) is 0 Å². The number of rotatable bonds is 4. The average Bonchev–Trinajstić information content (AvgIpc) is 3.17. The molecule has 25 heavy (non-hydrogen) atoms. The molecule has 0 aliphatic carbocycles. The molecule has 0 unspecified atom stereocenters. The molecule has 4 rings (SSSR count). The summed E-state index contributed by atoms with van der Waals surface area (Å²) in [6, 6.07) is 20.7. The predicted molar refractivity (Wildman–Crippen MR) is 99.4 cm³/mol. The van der Waals surface area contributed by atoms with Gasteiger partial charge in [0.25, 0.3) is 0 Å². The maximum atomic E-state index is 5.81. The van der Waals surface area contributed by atoms with E-state index in [9.17, 15) is 0 Å². The molecule has 1 aliphatic rings. The zero-order valence-electron chi connectivity index (χ0n) is 14.4. The Bertz CT molecular complexity index is 812. The molecule has 3 aromatic carbocycles. The van der Waals surface area contributed by atoms with E-state index in [1.807, 2.05) is 24.3 Å². The van der Waals surface area contributed by atoms with E-state index in [1.54, 1.807) is 7.11 Å². The average molecular weight is 332 g/mol. The van der Waals surface area contributed by atoms with Gasteiger partial charge in [0, 0.05) is 16.7 Å². The Morgan fingerprint density at radius 3 is 1.92 bits per heavy atom. The van der Waals surface area contributed by atoms with Gasteiger partial charge in [-0.05, 0) is 17.5 Å². The van der Waals surface area contributed by atoms with E-state index in [0.717, 1.165) is 45.7 Å². The van der Waals surface area contributed by atoms with Crippen molar-refractivity contribution in [2.24, 2.45) is 0 Å². The number of methoxy groups -OCH3 is 1. The summed E-state index contributed by atoms with van der Waals surface area (Å²) in [5, 5.41) is 0. The summed E-state index contributed by atoms with van der Waals surface area (Å²) in [5.41, 5.74) is 5.60. The van der Waals surface area contributed by atoms with Crippen molar-refractivity contribution in [3.8, 4) is 39.5 Å². The van der Waals surface area contributed by atoms with Crippen molar-refractivity contribution in [3.05, 3.63) is 66.2 Å². The van der Waals surface area contributed by atoms with Gasteiger partial charge in [-0.1, -0.05) is 67.6 Å². The minimum Gasteiger partial charge on any atom is -0.492 e. The van der Waals surface area contributed by atoms with Crippen LogP contribution in [0.5, 0.6) is 17.2 Å². The molecule has 3 aromatic rings. The molecule has 0 amide bonds. The van der Waals surface area contributed by atoms with Crippen molar-refractivity contribution < 1.29 is 14.2 Å². The summed E-state index contributed by atoms with van der Waals surface area (Å²) < 4.78 is 17.4. The normalized spacial score (nSPS) is 12.2. The molecule has 0 fully saturated rings. The van der Waals surface area contributed by atoms with Gasteiger partial charge in [0.1, 0.15) is 0 Å². The van der Waals surface area contributed by atoms with Gasteiger partial charge in [-0.15, -0.1) is 0 Å². The van der Waals surface area contributed by atoms with Gasteiger partial charge < -0.3 is 14.2 Å². The zero-order chi connectivity index (χ0) is 17.2. The summed E-state index contributed by atoms with van der Waals surface area (Å²) in [7, 11) is 1.68. The molecule has 0 saturated heterocycles. The molecule has 0 radical (unpaired) electrons. The first-order chi connectivity index (χ1) is 12.3. The van der Waals surface area contributed by atoms with Gasteiger partial charge in [0.05, 0.1) is 7.11 Å². The Morgan fingerprint density at radius 2 is 1.36 bits per heavy atom. The van der Waals surface area contributed by atoms with Gasteiger partial charge in [0.2, 0.25) is 12.5 Å². The summed E-state index contributed by atoms with van der Waals surface area (Å²) in [6.45, 7) is 2.37. The molecule has 0 N–H and O–H groups in total. The van der Waals surface area contributed by atoms with E-state index in [2.05, 4.69) is 43.3 Å². The third-order valence-electron chi connectivity index (χ3n) is 4.55. The van der Waals surface area contributed by atoms with Crippen LogP contribution < -0.4 is 14.2 Å². The van der Waals surface area contributed by atoms with E-state index in [0.29, 0.717) is 5.75 Å². The summed E-state index contributed by atoms with van der Waals surface area (Å²) in [6.07, 6.45) is 0.847. The first-order valence-electron chi connectivity index (χ1n) is 8.48. The van der Waals surface area contributed by atoms with Crippen LogP contribution in [0.4, 0.5) is 0 Å². The van der Waals surface area contributed by atoms with Crippen LogP contribution in [-0.4, -0.2) is 13.9 Å². The second kappa shape index (κ2) is 6.52. The number of benzene rings is 3. The molecule has 0 spiro atoms. The molecule has 1 aliphatic heterocycles. The lowest BCUT2D eigenvalue weighted by molar-refractivity contribution is 0.170. The lowest BCUT2D eigenvalue weighted by Crippen LogP contribution is -1.99. The highest BCUT2D eigenvalue weighted by Gasteiger charge is 2.30. The topological polar surface area (TPSA) is 27.7 Å². The summed E-state index contributed by atoms with van der Waals surface area (Å²) in [4.78, 5) is 0. The van der Waals surface area contributed by atoms with Crippen LogP contribution in [0, 0.1) is 0 Å². The second-order valence-corrected chi connectivity index (χ2v) is 5.91. The van der Waals surface area contributed by atoms with Crippen LogP contribution in [0.1, 0.15) is 12.5 Å². The fourth-order valence-electron chi connectivity index (χ4n) is 3.50. The van der Waals surface area contributed by atoms with Gasteiger partial charge in [-0.3, -0.25) is 0 Å². The highest BCUT2D eigenvalue weighted by molar-refractivity contribution is 5.94. The first-order valence-corrected chi connectivity index (χ1v) is 8.48. The minimum absolute atomic E-state index is 0.227. The van der Waals surface area contributed by atoms with Gasteiger partial charge in [0.15, 0.2) is 11.5 Å². The Hall–Kier alpha value is -2.94. The minimum atomic E-state index is 0.227. The van der Waals surface area contributed by atoms with Crippen LogP contribution in [-0.2, 0) is 6.42 Å². The van der Waals surface area contributed by atoms with Crippen molar-refractivity contribution in [2.75, 3.05) is 13.9 Å². The summed E-state index contributed by atoms with van der Waals surface area (Å²) >= 11 is 0. The first kappa shape index (κ1) is 15.6. The monoisotopic (exact) mass is 332 g/mol. The third-order valence-corrected chi connectivity index (χ3v) is 4.55. The van der Waals surface area contributed by atoms with Crippen LogP contribution in [0.2, 0.25) is 0 Å². The molecule has 3 heteroatoms. The SMILES string of the molecule is CCc1c2c(c(OC)c(-c3ccccc3)c1-c1ccccc1)OCO2. The van der Waals surface area contributed by atoms with Gasteiger partial charge >= 0.3 is 0 Å². The Balaban J connectivity index is 2.14. The van der Waals surface area contributed by atoms with E-state index in [1.165, 1.54) is 0 Å². The molecule has 126 valence electrons. The number of ether oxygens (including phenoxy) is 3. The quantitative estimate of drug-likeness (QED) is 0.647. The van der Waals surface area contributed by atoms with Crippen molar-refractivity contribution in [3.63, 3.8) is 0 Å². The molecule has 3 nitrogen and oxygen atoms in total. The fraction of sp³-hybridized carbons (Fsp3) is 0.182. The molecule has 0 saturated carbocycles. The van der Waals surface area contributed by atoms with Crippen LogP contribution in [0.15, 0.2) is 60.7 Å². The second-order valence-electron chi connectivity index (χ2n) is 5.91. The van der Waals surface area contributed by atoms with Crippen LogP contribution >= 0.6 is 0 Å². The smallest absolute Gasteiger partial charge is 0.231 e. The standard InChI is InChI=1S/C22H20O3/c1-3-17-18(15-10-6-4-7-11-15)19(16-12-8-5-9-13-16)21(23-2)22-20(17)24-14-25-22/h4-13H,3,14H2,1-2H3. The Morgan fingerprint density at radius 1 is 0.800 bits per heavy atom. The van der Waals surface area contributed by atoms with E-state index >= 15 is 0 Å². The van der Waals surface area contributed by atoms with E-state index in [-0.39, 0.29) is 6.79 Å². The number of hydrogen-bond acceptors (Lipinski definition) is 3. The third kappa shape index (κ3) is 2.52. The maximum absolute atomic E-state index is 5.81. The zero-order valence-corrected chi connectivity index (χ0v) is 14.4. The summed E-state index contributed by atoms with van der Waals surface area (Å²) in [5.74, 6) is 2.24. The van der Waals surface area contributed by atoms with E-state index < -0.39 is 0 Å². The molecular weight excluding hydrogens is 312 g/mol.